The van der Waals surface area contributed by atoms with Crippen LogP contribution in [0, 0.1) is 18.8 Å². The van der Waals surface area contributed by atoms with Crippen LogP contribution in [0.1, 0.15) is 18.1 Å². The van der Waals surface area contributed by atoms with E-state index in [1.165, 1.54) is 10.5 Å². The Morgan fingerprint density at radius 3 is 2.42 bits per heavy atom. The van der Waals surface area contributed by atoms with Gasteiger partial charge in [0.05, 0.1) is 11.4 Å². The molecule has 4 rings (SSSR count). The lowest BCUT2D eigenvalue weighted by Gasteiger charge is -2.14. The summed E-state index contributed by atoms with van der Waals surface area (Å²) in [5, 5.41) is 0.986. The Kier molecular flexibility index (Phi) is 4.03. The molecule has 0 N–H and O–H groups in total. The minimum atomic E-state index is -0.350. The third-order valence-electron chi connectivity index (χ3n) is 5.14. The summed E-state index contributed by atoms with van der Waals surface area (Å²) in [7, 11) is 0. The van der Waals surface area contributed by atoms with Crippen molar-refractivity contribution in [2.24, 2.45) is 11.8 Å². The highest BCUT2D eigenvalue weighted by atomic mass is 16.2. The number of carbonyl (C=O) groups is 2. The van der Waals surface area contributed by atoms with E-state index in [1.54, 1.807) is 6.07 Å². The van der Waals surface area contributed by atoms with Gasteiger partial charge in [0.1, 0.15) is 5.82 Å². The van der Waals surface area contributed by atoms with Crippen molar-refractivity contribution in [2.45, 2.75) is 20.3 Å². The number of para-hydroxylation sites is 1. The van der Waals surface area contributed by atoms with E-state index in [2.05, 4.69) is 4.98 Å². The summed E-state index contributed by atoms with van der Waals surface area (Å²) in [6, 6.07) is 19.4. The van der Waals surface area contributed by atoms with Gasteiger partial charge in [-0.3, -0.25) is 9.59 Å². The monoisotopic (exact) mass is 344 g/mol. The maximum atomic E-state index is 13.0. The summed E-state index contributed by atoms with van der Waals surface area (Å²) in [6.07, 6.45) is 0.566. The maximum Gasteiger partial charge on any atom is 0.239 e. The largest absolute Gasteiger partial charge is 0.274 e. The molecule has 2 amide bonds. The number of carbonyl (C=O) groups excluding carboxylic acids is 2. The molecule has 0 bridgehead atoms. The number of hydrogen-bond acceptors (Lipinski definition) is 3. The first kappa shape index (κ1) is 16.5. The molecule has 2 atom stereocenters. The molecule has 2 aromatic carbocycles. The molecular formula is C22H20N2O2. The van der Waals surface area contributed by atoms with Gasteiger partial charge in [0, 0.05) is 11.3 Å². The molecule has 1 saturated heterocycles. The second-order valence-corrected chi connectivity index (χ2v) is 6.96. The molecule has 4 heteroatoms. The Hall–Kier alpha value is -3.01. The summed E-state index contributed by atoms with van der Waals surface area (Å²) in [6.45, 7) is 3.86. The molecule has 0 spiro atoms. The zero-order valence-corrected chi connectivity index (χ0v) is 14.8. The molecule has 4 nitrogen and oxygen atoms in total. The normalized spacial score (nSPS) is 20.2. The maximum absolute atomic E-state index is 13.0. The highest BCUT2D eigenvalue weighted by molar-refractivity contribution is 6.21. The van der Waals surface area contributed by atoms with Gasteiger partial charge in [-0.1, -0.05) is 55.0 Å². The summed E-state index contributed by atoms with van der Waals surface area (Å²) >= 11 is 0. The summed E-state index contributed by atoms with van der Waals surface area (Å²) < 4.78 is 0. The average Bonchev–Trinajstić information content (AvgIpc) is 2.86. The molecule has 1 aliphatic heterocycles. The number of imide groups is 1. The molecule has 1 aliphatic rings. The fraction of sp³-hybridized carbons (Fsp3) is 0.227. The standard InChI is InChI=1S/C22H20N2O2/c1-14-7-9-16(10-8-14)13-18-15(2)21(25)24(22(18)26)20-12-11-17-5-3-4-6-19(17)23-20/h3-12,15,18H,13H2,1-2H3/t15-,18-/m1/s1. The van der Waals surface area contributed by atoms with E-state index in [0.717, 1.165) is 16.5 Å². The number of pyridine rings is 1. The van der Waals surface area contributed by atoms with E-state index in [4.69, 9.17) is 0 Å². The highest BCUT2D eigenvalue weighted by Gasteiger charge is 2.46. The Morgan fingerprint density at radius 1 is 0.923 bits per heavy atom. The third-order valence-corrected chi connectivity index (χ3v) is 5.14. The number of amides is 2. The Bertz CT molecular complexity index is 994. The van der Waals surface area contributed by atoms with Crippen LogP contribution in [0.25, 0.3) is 10.9 Å². The van der Waals surface area contributed by atoms with Crippen LogP contribution in [-0.2, 0) is 16.0 Å². The van der Waals surface area contributed by atoms with Crippen molar-refractivity contribution in [3.63, 3.8) is 0 Å². The Balaban J connectivity index is 1.65. The second-order valence-electron chi connectivity index (χ2n) is 6.96. The average molecular weight is 344 g/mol. The van der Waals surface area contributed by atoms with E-state index in [-0.39, 0.29) is 23.7 Å². The SMILES string of the molecule is Cc1ccc(C[C@H]2C(=O)N(c3ccc4ccccc4n3)C(=O)[C@@H]2C)cc1. The number of aromatic nitrogens is 1. The van der Waals surface area contributed by atoms with Crippen LogP contribution in [0.15, 0.2) is 60.7 Å². The van der Waals surface area contributed by atoms with E-state index in [0.29, 0.717) is 12.2 Å². The zero-order chi connectivity index (χ0) is 18.3. The molecule has 130 valence electrons. The van der Waals surface area contributed by atoms with Crippen LogP contribution in [0.5, 0.6) is 0 Å². The smallest absolute Gasteiger partial charge is 0.239 e. The Morgan fingerprint density at radius 2 is 1.65 bits per heavy atom. The second kappa shape index (κ2) is 6.37. The number of anilines is 1. The number of rotatable bonds is 3. The van der Waals surface area contributed by atoms with Gasteiger partial charge < -0.3 is 0 Å². The number of nitrogens with zero attached hydrogens (tertiary/aromatic N) is 2. The van der Waals surface area contributed by atoms with Crippen molar-refractivity contribution in [3.8, 4) is 0 Å². The Labute approximate surface area is 152 Å². The summed E-state index contributed by atoms with van der Waals surface area (Å²) in [5.41, 5.74) is 3.03. The highest BCUT2D eigenvalue weighted by Crippen LogP contribution is 2.33. The van der Waals surface area contributed by atoms with Crippen LogP contribution >= 0.6 is 0 Å². The van der Waals surface area contributed by atoms with Crippen LogP contribution in [0.2, 0.25) is 0 Å². The molecule has 1 aromatic heterocycles. The molecule has 26 heavy (non-hydrogen) atoms. The van der Waals surface area contributed by atoms with Crippen molar-refractivity contribution < 1.29 is 9.59 Å². The molecular weight excluding hydrogens is 324 g/mol. The molecule has 1 fully saturated rings. The fourth-order valence-electron chi connectivity index (χ4n) is 3.51. The van der Waals surface area contributed by atoms with Gasteiger partial charge in [-0.2, -0.15) is 0 Å². The lowest BCUT2D eigenvalue weighted by molar-refractivity contribution is -0.122. The minimum Gasteiger partial charge on any atom is -0.274 e. The molecule has 0 unspecified atom stereocenters. The molecule has 0 radical (unpaired) electrons. The summed E-state index contributed by atoms with van der Waals surface area (Å²) in [5.74, 6) is -0.617. The van der Waals surface area contributed by atoms with Crippen LogP contribution < -0.4 is 4.90 Å². The van der Waals surface area contributed by atoms with Gasteiger partial charge in [0.15, 0.2) is 0 Å². The number of hydrogen-bond donors (Lipinski definition) is 0. The fourth-order valence-corrected chi connectivity index (χ4v) is 3.51. The summed E-state index contributed by atoms with van der Waals surface area (Å²) in [4.78, 5) is 31.6. The van der Waals surface area contributed by atoms with Crippen LogP contribution in [0.4, 0.5) is 5.82 Å². The number of fused-ring (bicyclic) bond motifs is 1. The molecule has 3 aromatic rings. The minimum absolute atomic E-state index is 0.161. The third kappa shape index (κ3) is 2.77. The van der Waals surface area contributed by atoms with E-state index in [9.17, 15) is 9.59 Å². The van der Waals surface area contributed by atoms with Crippen molar-refractivity contribution in [3.05, 3.63) is 71.8 Å². The van der Waals surface area contributed by atoms with Gasteiger partial charge in [0.2, 0.25) is 11.8 Å². The predicted octanol–water partition coefficient (Wildman–Crippen LogP) is 3.91. The van der Waals surface area contributed by atoms with Gasteiger partial charge in [-0.25, -0.2) is 9.88 Å². The van der Waals surface area contributed by atoms with Crippen molar-refractivity contribution in [1.29, 1.82) is 0 Å². The lowest BCUT2D eigenvalue weighted by Crippen LogP contribution is -2.31. The molecule has 2 heterocycles. The first-order chi connectivity index (χ1) is 12.5. The van der Waals surface area contributed by atoms with Crippen LogP contribution in [0.3, 0.4) is 0 Å². The van der Waals surface area contributed by atoms with Gasteiger partial charge in [0.25, 0.3) is 0 Å². The number of aryl methyl sites for hydroxylation is 1. The van der Waals surface area contributed by atoms with Gasteiger partial charge in [-0.05, 0) is 37.1 Å². The lowest BCUT2D eigenvalue weighted by atomic mass is 9.90. The van der Waals surface area contributed by atoms with Crippen molar-refractivity contribution in [2.75, 3.05) is 4.90 Å². The quantitative estimate of drug-likeness (QED) is 0.677. The first-order valence-electron chi connectivity index (χ1n) is 8.84. The zero-order valence-electron chi connectivity index (χ0n) is 14.8. The topological polar surface area (TPSA) is 50.3 Å². The molecule has 0 aliphatic carbocycles. The molecule has 0 saturated carbocycles. The number of benzene rings is 2. The van der Waals surface area contributed by atoms with Crippen LogP contribution in [-0.4, -0.2) is 16.8 Å². The van der Waals surface area contributed by atoms with E-state index in [1.807, 2.05) is 68.4 Å². The van der Waals surface area contributed by atoms with Crippen molar-refractivity contribution >= 4 is 28.5 Å². The predicted molar refractivity (Wildman–Crippen MR) is 102 cm³/mol. The van der Waals surface area contributed by atoms with Gasteiger partial charge in [-0.15, -0.1) is 0 Å². The van der Waals surface area contributed by atoms with Crippen molar-refractivity contribution in [1.82, 2.24) is 4.98 Å². The first-order valence-corrected chi connectivity index (χ1v) is 8.84. The van der Waals surface area contributed by atoms with E-state index >= 15 is 0 Å². The van der Waals surface area contributed by atoms with Gasteiger partial charge >= 0.3 is 0 Å². The van der Waals surface area contributed by atoms with E-state index < -0.39 is 0 Å².